The SMILES string of the molecule is CCOc1cc2c(cc1/C=C/C(=O)Nc1c(C)cccc1C)OC(C)C2. The molecule has 136 valence electrons. The number of fused-ring (bicyclic) bond motifs is 1. The summed E-state index contributed by atoms with van der Waals surface area (Å²) in [6.07, 6.45) is 4.37. The third-order valence-electron chi connectivity index (χ3n) is 4.47. The van der Waals surface area contributed by atoms with E-state index >= 15 is 0 Å². The number of benzene rings is 2. The summed E-state index contributed by atoms with van der Waals surface area (Å²) >= 11 is 0. The summed E-state index contributed by atoms with van der Waals surface area (Å²) in [4.78, 5) is 12.4. The molecule has 4 nitrogen and oxygen atoms in total. The van der Waals surface area contributed by atoms with Crippen molar-refractivity contribution in [3.05, 3.63) is 58.7 Å². The maximum Gasteiger partial charge on any atom is 0.248 e. The highest BCUT2D eigenvalue weighted by molar-refractivity contribution is 6.03. The monoisotopic (exact) mass is 351 g/mol. The number of carbonyl (C=O) groups is 1. The van der Waals surface area contributed by atoms with Gasteiger partial charge in [-0.05, 0) is 57.0 Å². The molecule has 1 aliphatic heterocycles. The molecular weight excluding hydrogens is 326 g/mol. The Balaban J connectivity index is 1.81. The van der Waals surface area contributed by atoms with Crippen molar-refractivity contribution in [3.63, 3.8) is 0 Å². The van der Waals surface area contributed by atoms with Crippen LogP contribution in [-0.2, 0) is 11.2 Å². The maximum absolute atomic E-state index is 12.4. The molecule has 26 heavy (non-hydrogen) atoms. The van der Waals surface area contributed by atoms with Crippen molar-refractivity contribution < 1.29 is 14.3 Å². The molecule has 0 saturated heterocycles. The number of anilines is 1. The smallest absolute Gasteiger partial charge is 0.248 e. The molecule has 1 unspecified atom stereocenters. The van der Waals surface area contributed by atoms with Gasteiger partial charge in [0, 0.05) is 29.3 Å². The molecule has 4 heteroatoms. The first-order chi connectivity index (χ1) is 12.5. The summed E-state index contributed by atoms with van der Waals surface area (Å²) in [5.74, 6) is 1.48. The molecule has 1 atom stereocenters. The molecule has 0 spiro atoms. The lowest BCUT2D eigenvalue weighted by Gasteiger charge is -2.11. The molecule has 2 aromatic carbocycles. The third-order valence-corrected chi connectivity index (χ3v) is 4.47. The second kappa shape index (κ2) is 7.65. The fourth-order valence-corrected chi connectivity index (χ4v) is 3.21. The predicted octanol–water partition coefficient (Wildman–Crippen LogP) is 4.68. The van der Waals surface area contributed by atoms with Crippen LogP contribution in [0.1, 0.15) is 36.1 Å². The van der Waals surface area contributed by atoms with Gasteiger partial charge in [0.2, 0.25) is 5.91 Å². The van der Waals surface area contributed by atoms with Gasteiger partial charge in [-0.25, -0.2) is 0 Å². The molecule has 0 fully saturated rings. The Morgan fingerprint density at radius 2 is 2.04 bits per heavy atom. The van der Waals surface area contributed by atoms with Crippen molar-refractivity contribution in [2.24, 2.45) is 0 Å². The first-order valence-electron chi connectivity index (χ1n) is 8.99. The molecule has 1 aliphatic rings. The van der Waals surface area contributed by atoms with Crippen LogP contribution in [0.2, 0.25) is 0 Å². The average molecular weight is 351 g/mol. The minimum Gasteiger partial charge on any atom is -0.493 e. The molecule has 2 aromatic rings. The van der Waals surface area contributed by atoms with Crippen molar-refractivity contribution in [1.82, 2.24) is 0 Å². The van der Waals surface area contributed by atoms with Gasteiger partial charge in [0.1, 0.15) is 17.6 Å². The topological polar surface area (TPSA) is 47.6 Å². The predicted molar refractivity (Wildman–Crippen MR) is 105 cm³/mol. The fourth-order valence-electron chi connectivity index (χ4n) is 3.21. The van der Waals surface area contributed by atoms with E-state index in [1.807, 2.05) is 58.0 Å². The Labute approximate surface area is 154 Å². The zero-order valence-electron chi connectivity index (χ0n) is 15.8. The van der Waals surface area contributed by atoms with Gasteiger partial charge in [0.25, 0.3) is 0 Å². The van der Waals surface area contributed by atoms with Gasteiger partial charge in [0.15, 0.2) is 0 Å². The van der Waals surface area contributed by atoms with E-state index in [9.17, 15) is 4.79 Å². The highest BCUT2D eigenvalue weighted by atomic mass is 16.5. The van der Waals surface area contributed by atoms with Crippen molar-refractivity contribution in [1.29, 1.82) is 0 Å². The number of aryl methyl sites for hydroxylation is 2. The second-order valence-corrected chi connectivity index (χ2v) is 6.65. The lowest BCUT2D eigenvalue weighted by molar-refractivity contribution is -0.111. The molecule has 0 bridgehead atoms. The van der Waals surface area contributed by atoms with Crippen LogP contribution in [0.25, 0.3) is 6.08 Å². The van der Waals surface area contributed by atoms with E-state index in [-0.39, 0.29) is 12.0 Å². The van der Waals surface area contributed by atoms with Gasteiger partial charge in [-0.1, -0.05) is 18.2 Å². The van der Waals surface area contributed by atoms with E-state index in [0.29, 0.717) is 6.61 Å². The standard InChI is InChI=1S/C22H25NO3/c1-5-25-19-13-18-11-16(4)26-20(18)12-17(19)9-10-21(24)23-22-14(2)7-6-8-15(22)3/h6-10,12-13,16H,5,11H2,1-4H3,(H,23,24)/b10-9+. The Bertz CT molecular complexity index is 834. The molecular formula is C22H25NO3. The normalized spacial score (nSPS) is 15.6. The number of hydrogen-bond acceptors (Lipinski definition) is 3. The summed E-state index contributed by atoms with van der Waals surface area (Å²) < 4.78 is 11.6. The van der Waals surface area contributed by atoms with Gasteiger partial charge >= 0.3 is 0 Å². The largest absolute Gasteiger partial charge is 0.493 e. The molecule has 0 aromatic heterocycles. The highest BCUT2D eigenvalue weighted by Crippen LogP contribution is 2.35. The number of para-hydroxylation sites is 1. The fraction of sp³-hybridized carbons (Fsp3) is 0.318. The van der Waals surface area contributed by atoms with Crippen LogP contribution >= 0.6 is 0 Å². The van der Waals surface area contributed by atoms with Crippen LogP contribution < -0.4 is 14.8 Å². The van der Waals surface area contributed by atoms with Gasteiger partial charge in [0.05, 0.1) is 6.61 Å². The number of hydrogen-bond donors (Lipinski definition) is 1. The Hall–Kier alpha value is -2.75. The zero-order valence-corrected chi connectivity index (χ0v) is 15.8. The van der Waals surface area contributed by atoms with E-state index < -0.39 is 0 Å². The van der Waals surface area contributed by atoms with E-state index in [1.165, 1.54) is 6.08 Å². The average Bonchev–Trinajstić information content (AvgIpc) is 2.95. The number of rotatable bonds is 5. The van der Waals surface area contributed by atoms with Crippen LogP contribution in [-0.4, -0.2) is 18.6 Å². The molecule has 0 radical (unpaired) electrons. The first-order valence-corrected chi connectivity index (χ1v) is 8.99. The van der Waals surface area contributed by atoms with Crippen molar-refractivity contribution in [3.8, 4) is 11.5 Å². The lowest BCUT2D eigenvalue weighted by Crippen LogP contribution is -2.10. The summed E-state index contributed by atoms with van der Waals surface area (Å²) in [5.41, 5.74) is 4.94. The van der Waals surface area contributed by atoms with E-state index in [4.69, 9.17) is 9.47 Å². The van der Waals surface area contributed by atoms with Crippen molar-refractivity contribution in [2.45, 2.75) is 40.2 Å². The summed E-state index contributed by atoms with van der Waals surface area (Å²) in [5, 5.41) is 2.96. The Morgan fingerprint density at radius 3 is 2.73 bits per heavy atom. The van der Waals surface area contributed by atoms with Gasteiger partial charge in [-0.2, -0.15) is 0 Å². The third kappa shape index (κ3) is 3.90. The summed E-state index contributed by atoms with van der Waals surface area (Å²) in [6.45, 7) is 8.54. The highest BCUT2D eigenvalue weighted by Gasteiger charge is 2.21. The van der Waals surface area contributed by atoms with E-state index in [2.05, 4.69) is 5.32 Å². The van der Waals surface area contributed by atoms with Crippen LogP contribution in [0.4, 0.5) is 5.69 Å². The quantitative estimate of drug-likeness (QED) is 0.796. The minimum atomic E-state index is -0.167. The van der Waals surface area contributed by atoms with Crippen LogP contribution in [0.5, 0.6) is 11.5 Å². The van der Waals surface area contributed by atoms with Crippen LogP contribution in [0.15, 0.2) is 36.4 Å². The van der Waals surface area contributed by atoms with Gasteiger partial charge < -0.3 is 14.8 Å². The van der Waals surface area contributed by atoms with Crippen LogP contribution in [0.3, 0.4) is 0 Å². The lowest BCUT2D eigenvalue weighted by atomic mass is 10.1. The van der Waals surface area contributed by atoms with Gasteiger partial charge in [-0.15, -0.1) is 0 Å². The molecule has 0 saturated carbocycles. The molecule has 1 heterocycles. The van der Waals surface area contributed by atoms with E-state index in [0.717, 1.165) is 45.9 Å². The summed E-state index contributed by atoms with van der Waals surface area (Å²) in [6, 6.07) is 9.92. The van der Waals surface area contributed by atoms with Crippen molar-refractivity contribution in [2.75, 3.05) is 11.9 Å². The van der Waals surface area contributed by atoms with Gasteiger partial charge in [-0.3, -0.25) is 4.79 Å². The summed E-state index contributed by atoms with van der Waals surface area (Å²) in [7, 11) is 0. The second-order valence-electron chi connectivity index (χ2n) is 6.65. The van der Waals surface area contributed by atoms with Crippen molar-refractivity contribution >= 4 is 17.7 Å². The molecule has 3 rings (SSSR count). The first kappa shape index (κ1) is 18.1. The van der Waals surface area contributed by atoms with Crippen LogP contribution in [0, 0.1) is 13.8 Å². The zero-order chi connectivity index (χ0) is 18.7. The molecule has 1 amide bonds. The van der Waals surface area contributed by atoms with E-state index in [1.54, 1.807) is 6.08 Å². The Morgan fingerprint density at radius 1 is 1.31 bits per heavy atom. The number of amides is 1. The Kier molecular flexibility index (Phi) is 5.31. The number of ether oxygens (including phenoxy) is 2. The minimum absolute atomic E-state index is 0.167. The molecule has 0 aliphatic carbocycles. The number of carbonyl (C=O) groups excluding carboxylic acids is 1. The maximum atomic E-state index is 12.4. The number of nitrogens with one attached hydrogen (secondary N) is 1. The molecule has 1 N–H and O–H groups in total.